The number of aryl methyl sites for hydroxylation is 1. The predicted octanol–water partition coefficient (Wildman–Crippen LogP) is 2.17. The number of likely N-dealkylation sites (tertiary alicyclic amines) is 1. The molecule has 4 nitrogen and oxygen atoms in total. The van der Waals surface area contributed by atoms with Crippen molar-refractivity contribution in [3.8, 4) is 0 Å². The van der Waals surface area contributed by atoms with Crippen LogP contribution in [0.25, 0.3) is 0 Å². The average Bonchev–Trinajstić information content (AvgIpc) is 2.52. The molecular weight excluding hydrogens is 264 g/mol. The first-order chi connectivity index (χ1) is 10.2. The molecule has 0 bridgehead atoms. The van der Waals surface area contributed by atoms with E-state index in [4.69, 9.17) is 0 Å². The molecule has 0 radical (unpaired) electrons. The van der Waals surface area contributed by atoms with E-state index in [2.05, 4.69) is 4.98 Å². The lowest BCUT2D eigenvalue weighted by atomic mass is 9.71. The van der Waals surface area contributed by atoms with Crippen molar-refractivity contribution in [2.24, 2.45) is 5.92 Å². The molecule has 114 valence electrons. The van der Waals surface area contributed by atoms with Crippen LogP contribution in [0.2, 0.25) is 0 Å². The zero-order valence-electron chi connectivity index (χ0n) is 12.5. The molecule has 2 heterocycles. The van der Waals surface area contributed by atoms with Crippen molar-refractivity contribution < 1.29 is 9.90 Å². The molecule has 1 N–H and O–H groups in total. The summed E-state index contributed by atoms with van der Waals surface area (Å²) in [5.41, 5.74) is 0.657. The Bertz CT molecular complexity index is 491. The summed E-state index contributed by atoms with van der Waals surface area (Å²) >= 11 is 0. The van der Waals surface area contributed by atoms with Gasteiger partial charge in [-0.1, -0.05) is 12.8 Å². The molecule has 1 saturated carbocycles. The lowest BCUT2D eigenvalue weighted by Gasteiger charge is -2.47. The van der Waals surface area contributed by atoms with Gasteiger partial charge in [-0.3, -0.25) is 9.78 Å². The number of aliphatic hydroxyl groups is 1. The normalized spacial score (nSPS) is 29.0. The molecule has 1 amide bonds. The largest absolute Gasteiger partial charge is 0.389 e. The average molecular weight is 288 g/mol. The molecule has 2 aliphatic rings. The Balaban J connectivity index is 1.54. The lowest BCUT2D eigenvalue weighted by molar-refractivity contribution is -0.143. The standard InChI is InChI=1S/C17H24N2O2/c20-16(5-4-14-6-10-18-11-7-14)19-12-9-17(21)8-2-1-3-15(17)13-19/h6-7,10-11,15,21H,1-5,8-9,12-13H2. The zero-order chi connectivity index (χ0) is 14.7. The Morgan fingerprint density at radius 2 is 2.14 bits per heavy atom. The van der Waals surface area contributed by atoms with Crippen LogP contribution in [0.4, 0.5) is 0 Å². The van der Waals surface area contributed by atoms with Gasteiger partial charge in [0.2, 0.25) is 5.91 Å². The topological polar surface area (TPSA) is 53.4 Å². The van der Waals surface area contributed by atoms with Crippen molar-refractivity contribution in [3.63, 3.8) is 0 Å². The highest BCUT2D eigenvalue weighted by molar-refractivity contribution is 5.76. The van der Waals surface area contributed by atoms with Crippen molar-refractivity contribution in [2.45, 2.75) is 50.5 Å². The lowest BCUT2D eigenvalue weighted by Crippen LogP contribution is -2.54. The maximum Gasteiger partial charge on any atom is 0.222 e. The summed E-state index contributed by atoms with van der Waals surface area (Å²) in [7, 11) is 0. The molecule has 21 heavy (non-hydrogen) atoms. The molecule has 1 aromatic rings. The highest BCUT2D eigenvalue weighted by Crippen LogP contribution is 2.39. The van der Waals surface area contributed by atoms with E-state index in [1.54, 1.807) is 12.4 Å². The third-order valence-corrected chi connectivity index (χ3v) is 5.16. The number of pyridine rings is 1. The zero-order valence-corrected chi connectivity index (χ0v) is 12.5. The van der Waals surface area contributed by atoms with Crippen molar-refractivity contribution in [3.05, 3.63) is 30.1 Å². The van der Waals surface area contributed by atoms with Gasteiger partial charge >= 0.3 is 0 Å². The molecule has 1 aliphatic heterocycles. The number of piperidine rings is 1. The summed E-state index contributed by atoms with van der Waals surface area (Å²) < 4.78 is 0. The summed E-state index contributed by atoms with van der Waals surface area (Å²) in [6.07, 6.45) is 9.89. The van der Waals surface area contributed by atoms with Crippen LogP contribution in [0.15, 0.2) is 24.5 Å². The quantitative estimate of drug-likeness (QED) is 0.927. The smallest absolute Gasteiger partial charge is 0.222 e. The number of rotatable bonds is 3. The molecular formula is C17H24N2O2. The van der Waals surface area contributed by atoms with Gasteiger partial charge in [-0.05, 0) is 43.4 Å². The molecule has 0 aromatic carbocycles. The van der Waals surface area contributed by atoms with Gasteiger partial charge in [0.1, 0.15) is 0 Å². The van der Waals surface area contributed by atoms with E-state index in [0.717, 1.165) is 44.2 Å². The fraction of sp³-hybridized carbons (Fsp3) is 0.647. The highest BCUT2D eigenvalue weighted by atomic mass is 16.3. The van der Waals surface area contributed by atoms with E-state index in [1.165, 1.54) is 6.42 Å². The third kappa shape index (κ3) is 3.26. The summed E-state index contributed by atoms with van der Waals surface area (Å²) in [6.45, 7) is 1.45. The van der Waals surface area contributed by atoms with Crippen LogP contribution in [-0.4, -0.2) is 39.6 Å². The Morgan fingerprint density at radius 1 is 1.33 bits per heavy atom. The van der Waals surface area contributed by atoms with E-state index in [1.807, 2.05) is 17.0 Å². The fourth-order valence-electron chi connectivity index (χ4n) is 3.76. The molecule has 1 aliphatic carbocycles. The summed E-state index contributed by atoms with van der Waals surface area (Å²) in [5.74, 6) is 0.504. The van der Waals surface area contributed by atoms with Crippen molar-refractivity contribution in [1.82, 2.24) is 9.88 Å². The van der Waals surface area contributed by atoms with Crippen LogP contribution < -0.4 is 0 Å². The molecule has 3 rings (SSSR count). The predicted molar refractivity (Wildman–Crippen MR) is 80.7 cm³/mol. The number of amides is 1. The minimum atomic E-state index is -0.500. The second kappa shape index (κ2) is 6.14. The van der Waals surface area contributed by atoms with Crippen LogP contribution in [0, 0.1) is 5.92 Å². The minimum Gasteiger partial charge on any atom is -0.389 e. The number of carbonyl (C=O) groups is 1. The van der Waals surface area contributed by atoms with E-state index in [9.17, 15) is 9.90 Å². The molecule has 2 unspecified atom stereocenters. The Hall–Kier alpha value is -1.42. The van der Waals surface area contributed by atoms with E-state index < -0.39 is 5.60 Å². The number of hydrogen-bond acceptors (Lipinski definition) is 3. The van der Waals surface area contributed by atoms with Gasteiger partial charge < -0.3 is 10.0 Å². The first-order valence-corrected chi connectivity index (χ1v) is 8.06. The number of nitrogens with zero attached hydrogens (tertiary/aromatic N) is 2. The number of hydrogen-bond donors (Lipinski definition) is 1. The maximum absolute atomic E-state index is 12.4. The minimum absolute atomic E-state index is 0.222. The Labute approximate surface area is 126 Å². The summed E-state index contributed by atoms with van der Waals surface area (Å²) in [4.78, 5) is 18.3. The van der Waals surface area contributed by atoms with E-state index in [-0.39, 0.29) is 11.8 Å². The SMILES string of the molecule is O=C(CCc1ccncc1)N1CCC2(O)CCCCC2C1. The monoisotopic (exact) mass is 288 g/mol. The van der Waals surface area contributed by atoms with Gasteiger partial charge in [-0.25, -0.2) is 0 Å². The maximum atomic E-state index is 12.4. The van der Waals surface area contributed by atoms with E-state index in [0.29, 0.717) is 13.0 Å². The first kappa shape index (κ1) is 14.5. The Morgan fingerprint density at radius 3 is 2.95 bits per heavy atom. The van der Waals surface area contributed by atoms with Crippen LogP contribution in [0.5, 0.6) is 0 Å². The second-order valence-corrected chi connectivity index (χ2v) is 6.49. The van der Waals surface area contributed by atoms with Crippen LogP contribution in [0.1, 0.15) is 44.1 Å². The highest BCUT2D eigenvalue weighted by Gasteiger charge is 2.43. The molecule has 2 fully saturated rings. The van der Waals surface area contributed by atoms with Crippen LogP contribution in [-0.2, 0) is 11.2 Å². The van der Waals surface area contributed by atoms with Gasteiger partial charge in [-0.15, -0.1) is 0 Å². The fourth-order valence-corrected chi connectivity index (χ4v) is 3.76. The molecule has 4 heteroatoms. The first-order valence-electron chi connectivity index (χ1n) is 8.06. The molecule has 0 spiro atoms. The molecule has 2 atom stereocenters. The van der Waals surface area contributed by atoms with Gasteiger partial charge in [0.15, 0.2) is 0 Å². The van der Waals surface area contributed by atoms with Gasteiger partial charge in [0, 0.05) is 37.8 Å². The van der Waals surface area contributed by atoms with Crippen molar-refractivity contribution >= 4 is 5.91 Å². The number of fused-ring (bicyclic) bond motifs is 1. The molecule has 1 aromatic heterocycles. The van der Waals surface area contributed by atoms with Crippen LogP contribution >= 0.6 is 0 Å². The van der Waals surface area contributed by atoms with Gasteiger partial charge in [0.05, 0.1) is 5.60 Å². The molecule has 1 saturated heterocycles. The van der Waals surface area contributed by atoms with Crippen LogP contribution in [0.3, 0.4) is 0 Å². The van der Waals surface area contributed by atoms with E-state index >= 15 is 0 Å². The van der Waals surface area contributed by atoms with Gasteiger partial charge in [0.25, 0.3) is 0 Å². The summed E-state index contributed by atoms with van der Waals surface area (Å²) in [5, 5.41) is 10.7. The summed E-state index contributed by atoms with van der Waals surface area (Å²) in [6, 6.07) is 3.92. The number of aromatic nitrogens is 1. The van der Waals surface area contributed by atoms with Gasteiger partial charge in [-0.2, -0.15) is 0 Å². The third-order valence-electron chi connectivity index (χ3n) is 5.16. The Kier molecular flexibility index (Phi) is 4.24. The number of carbonyl (C=O) groups excluding carboxylic acids is 1. The second-order valence-electron chi connectivity index (χ2n) is 6.49. The van der Waals surface area contributed by atoms with Crippen molar-refractivity contribution in [1.29, 1.82) is 0 Å². The van der Waals surface area contributed by atoms with Crippen molar-refractivity contribution in [2.75, 3.05) is 13.1 Å².